The number of likely N-dealkylation sites (tertiary alicyclic amines) is 1. The van der Waals surface area contributed by atoms with Crippen molar-refractivity contribution >= 4 is 5.78 Å². The lowest BCUT2D eigenvalue weighted by atomic mass is 9.98. The van der Waals surface area contributed by atoms with E-state index in [1.165, 1.54) is 0 Å². The lowest BCUT2D eigenvalue weighted by Gasteiger charge is -2.21. The van der Waals surface area contributed by atoms with Crippen LogP contribution in [0.1, 0.15) is 36.7 Å². The molecule has 0 amide bonds. The van der Waals surface area contributed by atoms with Gasteiger partial charge in [-0.1, -0.05) is 0 Å². The average molecular weight is 250 g/mol. The van der Waals surface area contributed by atoms with Crippen LogP contribution in [-0.2, 0) is 7.05 Å². The van der Waals surface area contributed by atoms with Crippen molar-refractivity contribution in [1.29, 1.82) is 0 Å². The molecule has 1 aliphatic rings. The Balaban J connectivity index is 1.94. The second-order valence-corrected chi connectivity index (χ2v) is 5.55. The number of hydrogen-bond acceptors (Lipinski definition) is 3. The second kappa shape index (κ2) is 5.24. The van der Waals surface area contributed by atoms with Crippen molar-refractivity contribution < 1.29 is 9.90 Å². The predicted octanol–water partition coefficient (Wildman–Crippen LogP) is 1.44. The normalized spacial score (nSPS) is 25.9. The molecule has 100 valence electrons. The SMILES string of the molecule is Cn1cccc1C(=O)CN1CCCC(C)(O)CC1. The first kappa shape index (κ1) is 13.3. The van der Waals surface area contributed by atoms with Gasteiger partial charge in [0.05, 0.1) is 17.8 Å². The van der Waals surface area contributed by atoms with E-state index in [4.69, 9.17) is 0 Å². The van der Waals surface area contributed by atoms with Crippen molar-refractivity contribution in [3.63, 3.8) is 0 Å². The number of rotatable bonds is 3. The topological polar surface area (TPSA) is 45.5 Å². The summed E-state index contributed by atoms with van der Waals surface area (Å²) >= 11 is 0. The molecule has 1 saturated heterocycles. The maximum absolute atomic E-state index is 12.1. The molecule has 1 fully saturated rings. The van der Waals surface area contributed by atoms with Gasteiger partial charge in [0, 0.05) is 19.8 Å². The number of aryl methyl sites for hydroxylation is 1. The number of hydrogen-bond donors (Lipinski definition) is 1. The number of aliphatic hydroxyl groups is 1. The van der Waals surface area contributed by atoms with Crippen molar-refractivity contribution in [2.45, 2.75) is 31.8 Å². The summed E-state index contributed by atoms with van der Waals surface area (Å²) in [4.78, 5) is 14.3. The Kier molecular flexibility index (Phi) is 3.88. The summed E-state index contributed by atoms with van der Waals surface area (Å²) < 4.78 is 1.86. The van der Waals surface area contributed by atoms with E-state index >= 15 is 0 Å². The number of ketones is 1. The number of carbonyl (C=O) groups excluding carboxylic acids is 1. The smallest absolute Gasteiger partial charge is 0.193 e. The first-order valence-corrected chi connectivity index (χ1v) is 6.57. The van der Waals surface area contributed by atoms with Gasteiger partial charge in [-0.15, -0.1) is 0 Å². The highest BCUT2D eigenvalue weighted by Crippen LogP contribution is 2.21. The van der Waals surface area contributed by atoms with E-state index in [-0.39, 0.29) is 5.78 Å². The predicted molar refractivity (Wildman–Crippen MR) is 70.7 cm³/mol. The summed E-state index contributed by atoms with van der Waals surface area (Å²) in [5, 5.41) is 10.0. The minimum Gasteiger partial charge on any atom is -0.390 e. The fraction of sp³-hybridized carbons (Fsp3) is 0.643. The van der Waals surface area contributed by atoms with Crippen LogP contribution in [0.3, 0.4) is 0 Å². The van der Waals surface area contributed by atoms with E-state index in [9.17, 15) is 9.90 Å². The minimum absolute atomic E-state index is 0.157. The fourth-order valence-electron chi connectivity index (χ4n) is 2.51. The molecule has 1 unspecified atom stereocenters. The average Bonchev–Trinajstić information content (AvgIpc) is 2.64. The van der Waals surface area contributed by atoms with Gasteiger partial charge in [0.2, 0.25) is 0 Å². The van der Waals surface area contributed by atoms with Crippen molar-refractivity contribution in [1.82, 2.24) is 9.47 Å². The summed E-state index contributed by atoms with van der Waals surface area (Å²) in [6, 6.07) is 3.75. The molecular formula is C14H22N2O2. The van der Waals surface area contributed by atoms with Crippen molar-refractivity contribution in [2.75, 3.05) is 19.6 Å². The van der Waals surface area contributed by atoms with Gasteiger partial charge in [-0.25, -0.2) is 0 Å². The van der Waals surface area contributed by atoms with E-state index in [0.717, 1.165) is 38.0 Å². The highest BCUT2D eigenvalue weighted by Gasteiger charge is 2.26. The number of aromatic nitrogens is 1. The van der Waals surface area contributed by atoms with Gasteiger partial charge < -0.3 is 9.67 Å². The molecule has 2 heterocycles. The maximum atomic E-state index is 12.1. The quantitative estimate of drug-likeness (QED) is 0.826. The van der Waals surface area contributed by atoms with Crippen LogP contribution in [0.25, 0.3) is 0 Å². The first-order chi connectivity index (χ1) is 8.48. The molecule has 0 radical (unpaired) electrons. The monoisotopic (exact) mass is 250 g/mol. The van der Waals surface area contributed by atoms with Gasteiger partial charge in [0.15, 0.2) is 5.78 Å². The molecule has 0 aliphatic carbocycles. The van der Waals surface area contributed by atoms with Crippen LogP contribution in [0.4, 0.5) is 0 Å². The third-order valence-corrected chi connectivity index (χ3v) is 3.75. The van der Waals surface area contributed by atoms with Crippen LogP contribution in [0, 0.1) is 0 Å². The molecule has 1 N–H and O–H groups in total. The fourth-order valence-corrected chi connectivity index (χ4v) is 2.51. The zero-order valence-electron chi connectivity index (χ0n) is 11.2. The lowest BCUT2D eigenvalue weighted by molar-refractivity contribution is 0.0443. The van der Waals surface area contributed by atoms with E-state index in [0.29, 0.717) is 6.54 Å². The van der Waals surface area contributed by atoms with Crippen molar-refractivity contribution in [2.24, 2.45) is 7.05 Å². The summed E-state index contributed by atoms with van der Waals surface area (Å²) in [6.45, 7) is 4.03. The molecule has 4 heteroatoms. The van der Waals surface area contributed by atoms with E-state index in [2.05, 4.69) is 4.90 Å². The van der Waals surface area contributed by atoms with Crippen molar-refractivity contribution in [3.05, 3.63) is 24.0 Å². The molecule has 4 nitrogen and oxygen atoms in total. The Morgan fingerprint density at radius 2 is 2.22 bits per heavy atom. The van der Waals surface area contributed by atoms with E-state index in [1.807, 2.05) is 36.9 Å². The van der Waals surface area contributed by atoms with Crippen LogP contribution in [-0.4, -0.2) is 45.6 Å². The largest absolute Gasteiger partial charge is 0.390 e. The third-order valence-electron chi connectivity index (χ3n) is 3.75. The molecule has 2 rings (SSSR count). The second-order valence-electron chi connectivity index (χ2n) is 5.55. The van der Waals surface area contributed by atoms with Crippen LogP contribution in [0.2, 0.25) is 0 Å². The summed E-state index contributed by atoms with van der Waals surface area (Å²) in [5.41, 5.74) is 0.189. The standard InChI is InChI=1S/C14H22N2O2/c1-14(18)6-4-9-16(10-7-14)11-13(17)12-5-3-8-15(12)2/h3,5,8,18H,4,6-7,9-11H2,1-2H3. The lowest BCUT2D eigenvalue weighted by Crippen LogP contribution is -2.33. The van der Waals surface area contributed by atoms with Gasteiger partial charge in [-0.3, -0.25) is 9.69 Å². The zero-order valence-corrected chi connectivity index (χ0v) is 11.2. The number of Topliss-reactive ketones (excluding diaryl/α,β-unsaturated/α-hetero) is 1. The van der Waals surface area contributed by atoms with E-state index in [1.54, 1.807) is 0 Å². The third kappa shape index (κ3) is 3.21. The van der Waals surface area contributed by atoms with Gasteiger partial charge in [-0.2, -0.15) is 0 Å². The minimum atomic E-state index is -0.567. The summed E-state index contributed by atoms with van der Waals surface area (Å²) in [7, 11) is 1.89. The van der Waals surface area contributed by atoms with Gasteiger partial charge in [0.1, 0.15) is 0 Å². The van der Waals surface area contributed by atoms with E-state index < -0.39 is 5.60 Å². The Morgan fingerprint density at radius 1 is 1.44 bits per heavy atom. The van der Waals surface area contributed by atoms with Gasteiger partial charge >= 0.3 is 0 Å². The molecule has 0 saturated carbocycles. The Bertz CT molecular complexity index is 423. The summed E-state index contributed by atoms with van der Waals surface area (Å²) in [6.07, 6.45) is 4.41. The van der Waals surface area contributed by atoms with Gasteiger partial charge in [-0.05, 0) is 44.9 Å². The number of nitrogens with zero attached hydrogens (tertiary/aromatic N) is 2. The number of carbonyl (C=O) groups is 1. The summed E-state index contributed by atoms with van der Waals surface area (Å²) in [5.74, 6) is 0.157. The molecule has 18 heavy (non-hydrogen) atoms. The van der Waals surface area contributed by atoms with Crippen LogP contribution in [0.5, 0.6) is 0 Å². The highest BCUT2D eigenvalue weighted by molar-refractivity contribution is 5.96. The maximum Gasteiger partial charge on any atom is 0.193 e. The van der Waals surface area contributed by atoms with Crippen LogP contribution >= 0.6 is 0 Å². The molecule has 1 aromatic rings. The molecule has 0 aromatic carbocycles. The molecular weight excluding hydrogens is 228 g/mol. The Labute approximate surface area is 108 Å². The van der Waals surface area contributed by atoms with Gasteiger partial charge in [0.25, 0.3) is 0 Å². The Morgan fingerprint density at radius 3 is 2.89 bits per heavy atom. The molecule has 1 atom stereocenters. The zero-order chi connectivity index (χ0) is 13.2. The van der Waals surface area contributed by atoms with Crippen LogP contribution in [0.15, 0.2) is 18.3 Å². The van der Waals surface area contributed by atoms with Crippen LogP contribution < -0.4 is 0 Å². The Hall–Kier alpha value is -1.13. The molecule has 0 bridgehead atoms. The molecule has 1 aromatic heterocycles. The molecule has 0 spiro atoms. The highest BCUT2D eigenvalue weighted by atomic mass is 16.3. The van der Waals surface area contributed by atoms with Crippen molar-refractivity contribution in [3.8, 4) is 0 Å². The first-order valence-electron chi connectivity index (χ1n) is 6.57. The molecule has 1 aliphatic heterocycles.